The van der Waals surface area contributed by atoms with Crippen LogP contribution in [-0.4, -0.2) is 30.8 Å². The van der Waals surface area contributed by atoms with Gasteiger partial charge < -0.3 is 14.8 Å². The van der Waals surface area contributed by atoms with Crippen molar-refractivity contribution in [1.29, 1.82) is 0 Å². The summed E-state index contributed by atoms with van der Waals surface area (Å²) in [5.41, 5.74) is 0.544. The molecule has 0 spiro atoms. The number of nitro groups is 1. The minimum absolute atomic E-state index is 0.0202. The summed E-state index contributed by atoms with van der Waals surface area (Å²) in [6.07, 6.45) is 3.85. The summed E-state index contributed by atoms with van der Waals surface area (Å²) in [6, 6.07) is 5.36. The summed E-state index contributed by atoms with van der Waals surface area (Å²) >= 11 is 0. The van der Waals surface area contributed by atoms with E-state index in [-0.39, 0.29) is 22.8 Å². The largest absolute Gasteiger partial charge is 0.487 e. The first-order valence-corrected chi connectivity index (χ1v) is 7.35. The van der Waals surface area contributed by atoms with Gasteiger partial charge in [0.15, 0.2) is 5.75 Å². The zero-order valence-electron chi connectivity index (χ0n) is 12.5. The van der Waals surface area contributed by atoms with Crippen LogP contribution >= 0.6 is 0 Å². The van der Waals surface area contributed by atoms with Gasteiger partial charge in [0.2, 0.25) is 0 Å². The highest BCUT2D eigenvalue weighted by Crippen LogP contribution is 2.36. The van der Waals surface area contributed by atoms with Gasteiger partial charge in [-0.05, 0) is 37.8 Å². The molecule has 1 N–H and O–H groups in total. The fraction of sp³-hybridized carbons (Fsp3) is 0.600. The molecular weight excluding hydrogens is 272 g/mol. The van der Waals surface area contributed by atoms with Crippen molar-refractivity contribution >= 4 is 11.4 Å². The minimum Gasteiger partial charge on any atom is -0.487 e. The van der Waals surface area contributed by atoms with E-state index in [1.165, 1.54) is 0 Å². The standard InChI is InChI=1S/C15H22N2O4/c1-3-9-21-14-6-4-5-13(15(14)17(18)19)16-11-7-8-12(10-11)20-2/h4-6,11-12,16H,3,7-10H2,1-2H3. The Bertz CT molecular complexity index is 493. The maximum Gasteiger partial charge on any atom is 0.333 e. The van der Waals surface area contributed by atoms with Crippen LogP contribution in [0.4, 0.5) is 11.4 Å². The van der Waals surface area contributed by atoms with Crippen molar-refractivity contribution in [2.45, 2.75) is 44.8 Å². The molecule has 1 aromatic carbocycles. The molecule has 21 heavy (non-hydrogen) atoms. The van der Waals surface area contributed by atoms with Gasteiger partial charge in [0.1, 0.15) is 5.69 Å². The Kier molecular flexibility index (Phi) is 5.38. The Morgan fingerprint density at radius 3 is 2.86 bits per heavy atom. The van der Waals surface area contributed by atoms with E-state index >= 15 is 0 Å². The molecule has 0 radical (unpaired) electrons. The number of hydrogen-bond acceptors (Lipinski definition) is 5. The third-order valence-electron chi connectivity index (χ3n) is 3.72. The van der Waals surface area contributed by atoms with Crippen LogP contribution in [0.3, 0.4) is 0 Å². The second-order valence-electron chi connectivity index (χ2n) is 5.27. The van der Waals surface area contributed by atoms with Crippen molar-refractivity contribution in [3.8, 4) is 5.75 Å². The predicted molar refractivity (Wildman–Crippen MR) is 80.9 cm³/mol. The van der Waals surface area contributed by atoms with E-state index in [9.17, 15) is 10.1 Å². The number of nitrogens with zero attached hydrogens (tertiary/aromatic N) is 1. The highest BCUT2D eigenvalue weighted by atomic mass is 16.6. The normalized spacial score (nSPS) is 21.2. The molecule has 1 aliphatic carbocycles. The number of methoxy groups -OCH3 is 1. The Balaban J connectivity index is 2.16. The molecule has 1 aromatic rings. The SMILES string of the molecule is CCCOc1cccc(NC2CCC(OC)C2)c1[N+](=O)[O-]. The van der Waals surface area contributed by atoms with Crippen molar-refractivity contribution in [2.75, 3.05) is 19.0 Å². The van der Waals surface area contributed by atoms with E-state index in [1.54, 1.807) is 25.3 Å². The summed E-state index contributed by atoms with van der Waals surface area (Å²) in [7, 11) is 1.70. The fourth-order valence-electron chi connectivity index (χ4n) is 2.66. The Morgan fingerprint density at radius 1 is 1.43 bits per heavy atom. The summed E-state index contributed by atoms with van der Waals surface area (Å²) in [4.78, 5) is 11.0. The van der Waals surface area contributed by atoms with Gasteiger partial charge in [0, 0.05) is 13.2 Å². The monoisotopic (exact) mass is 294 g/mol. The van der Waals surface area contributed by atoms with E-state index < -0.39 is 0 Å². The van der Waals surface area contributed by atoms with Gasteiger partial charge in [-0.1, -0.05) is 13.0 Å². The van der Waals surface area contributed by atoms with Gasteiger partial charge in [-0.2, -0.15) is 0 Å². The van der Waals surface area contributed by atoms with Crippen molar-refractivity contribution in [3.63, 3.8) is 0 Å². The van der Waals surface area contributed by atoms with Crippen LogP contribution in [0.1, 0.15) is 32.6 Å². The van der Waals surface area contributed by atoms with E-state index in [4.69, 9.17) is 9.47 Å². The second kappa shape index (κ2) is 7.26. The zero-order valence-corrected chi connectivity index (χ0v) is 12.5. The molecule has 1 aliphatic rings. The van der Waals surface area contributed by atoms with Crippen LogP contribution in [0.15, 0.2) is 18.2 Å². The molecule has 0 aromatic heterocycles. The Hall–Kier alpha value is -1.82. The molecule has 2 unspecified atom stereocenters. The lowest BCUT2D eigenvalue weighted by molar-refractivity contribution is -0.385. The van der Waals surface area contributed by atoms with Gasteiger partial charge >= 0.3 is 5.69 Å². The van der Waals surface area contributed by atoms with E-state index in [2.05, 4.69) is 5.32 Å². The van der Waals surface area contributed by atoms with Crippen molar-refractivity contribution in [2.24, 2.45) is 0 Å². The van der Waals surface area contributed by atoms with Crippen LogP contribution in [0.25, 0.3) is 0 Å². The third-order valence-corrected chi connectivity index (χ3v) is 3.72. The average Bonchev–Trinajstić information content (AvgIpc) is 2.92. The third kappa shape index (κ3) is 3.85. The lowest BCUT2D eigenvalue weighted by Crippen LogP contribution is -2.18. The number of rotatable bonds is 7. The molecule has 2 atom stereocenters. The highest BCUT2D eigenvalue weighted by Gasteiger charge is 2.28. The summed E-state index contributed by atoms with van der Waals surface area (Å²) in [6.45, 7) is 2.44. The molecule has 0 amide bonds. The summed E-state index contributed by atoms with van der Waals surface area (Å²) < 4.78 is 10.8. The lowest BCUT2D eigenvalue weighted by Gasteiger charge is -2.16. The maximum absolute atomic E-state index is 11.4. The molecule has 1 saturated carbocycles. The minimum atomic E-state index is -0.379. The molecular formula is C15H22N2O4. The number of hydrogen-bond donors (Lipinski definition) is 1. The van der Waals surface area contributed by atoms with Crippen LogP contribution < -0.4 is 10.1 Å². The molecule has 6 heteroatoms. The summed E-state index contributed by atoms with van der Waals surface area (Å²) in [5.74, 6) is 0.327. The molecule has 6 nitrogen and oxygen atoms in total. The number of ether oxygens (including phenoxy) is 2. The van der Waals surface area contributed by atoms with E-state index in [0.29, 0.717) is 18.0 Å². The first-order chi connectivity index (χ1) is 10.2. The van der Waals surface area contributed by atoms with Crippen molar-refractivity contribution in [3.05, 3.63) is 28.3 Å². The van der Waals surface area contributed by atoms with Gasteiger partial charge in [-0.15, -0.1) is 0 Å². The fourth-order valence-corrected chi connectivity index (χ4v) is 2.66. The zero-order chi connectivity index (χ0) is 15.2. The number of nitrogens with one attached hydrogen (secondary N) is 1. The molecule has 0 saturated heterocycles. The van der Waals surface area contributed by atoms with E-state index in [1.807, 2.05) is 6.92 Å². The Labute approximate surface area is 124 Å². The smallest absolute Gasteiger partial charge is 0.333 e. The molecule has 0 heterocycles. The van der Waals surface area contributed by atoms with Gasteiger partial charge in [0.05, 0.1) is 17.6 Å². The van der Waals surface area contributed by atoms with Crippen LogP contribution in [0, 0.1) is 10.1 Å². The molecule has 0 aliphatic heterocycles. The van der Waals surface area contributed by atoms with E-state index in [0.717, 1.165) is 25.7 Å². The number of para-hydroxylation sites is 1. The predicted octanol–water partition coefficient (Wildman–Crippen LogP) is 3.36. The first-order valence-electron chi connectivity index (χ1n) is 7.35. The molecule has 0 bridgehead atoms. The first kappa shape index (κ1) is 15.6. The second-order valence-corrected chi connectivity index (χ2v) is 5.27. The van der Waals surface area contributed by atoms with Crippen LogP contribution in [0.2, 0.25) is 0 Å². The van der Waals surface area contributed by atoms with Crippen LogP contribution in [-0.2, 0) is 4.74 Å². The summed E-state index contributed by atoms with van der Waals surface area (Å²) in [5, 5.41) is 14.6. The van der Waals surface area contributed by atoms with Gasteiger partial charge in [-0.3, -0.25) is 10.1 Å². The van der Waals surface area contributed by atoms with Gasteiger partial charge in [-0.25, -0.2) is 0 Å². The van der Waals surface area contributed by atoms with Crippen molar-refractivity contribution < 1.29 is 14.4 Å². The van der Waals surface area contributed by atoms with Crippen LogP contribution in [0.5, 0.6) is 5.75 Å². The van der Waals surface area contributed by atoms with Crippen molar-refractivity contribution in [1.82, 2.24) is 0 Å². The highest BCUT2D eigenvalue weighted by molar-refractivity contribution is 5.68. The molecule has 1 fully saturated rings. The number of anilines is 1. The number of nitro benzene ring substituents is 1. The Morgan fingerprint density at radius 2 is 2.24 bits per heavy atom. The number of benzene rings is 1. The van der Waals surface area contributed by atoms with Gasteiger partial charge in [0.25, 0.3) is 0 Å². The lowest BCUT2D eigenvalue weighted by atomic mass is 10.2. The molecule has 116 valence electrons. The topological polar surface area (TPSA) is 73.6 Å². The average molecular weight is 294 g/mol. The molecule has 2 rings (SSSR count). The maximum atomic E-state index is 11.4. The quantitative estimate of drug-likeness (QED) is 0.616.